The van der Waals surface area contributed by atoms with E-state index >= 15 is 0 Å². The third-order valence-corrected chi connectivity index (χ3v) is 2.28. The van der Waals surface area contributed by atoms with Gasteiger partial charge < -0.3 is 15.8 Å². The number of rotatable bonds is 3. The molecule has 0 saturated heterocycles. The van der Waals surface area contributed by atoms with Gasteiger partial charge in [0.05, 0.1) is 0 Å². The first-order valence-electron chi connectivity index (χ1n) is 6.08. The Labute approximate surface area is 113 Å². The molecule has 3 N–H and O–H groups in total. The summed E-state index contributed by atoms with van der Waals surface area (Å²) in [5.41, 5.74) is 6.00. The van der Waals surface area contributed by atoms with Crippen molar-refractivity contribution in [2.24, 2.45) is 0 Å². The van der Waals surface area contributed by atoms with Gasteiger partial charge >= 0.3 is 5.97 Å². The molecule has 0 saturated carbocycles. The van der Waals surface area contributed by atoms with Gasteiger partial charge in [0.2, 0.25) is 0 Å². The van der Waals surface area contributed by atoms with E-state index in [9.17, 15) is 9.59 Å². The van der Waals surface area contributed by atoms with Crippen molar-refractivity contribution in [2.75, 3.05) is 5.73 Å². The molecule has 0 spiro atoms. The second-order valence-corrected chi connectivity index (χ2v) is 5.35. The van der Waals surface area contributed by atoms with Crippen LogP contribution in [0, 0.1) is 0 Å². The number of nitrogens with two attached hydrogens (primary N) is 1. The van der Waals surface area contributed by atoms with Gasteiger partial charge in [-0.15, -0.1) is 0 Å². The summed E-state index contributed by atoms with van der Waals surface area (Å²) < 4.78 is 5.18. The summed E-state index contributed by atoms with van der Waals surface area (Å²) in [6.45, 7) is 6.92. The van der Waals surface area contributed by atoms with Gasteiger partial charge in [0, 0.05) is 11.3 Å². The molecule has 1 rings (SSSR count). The number of nitrogens with one attached hydrogen (secondary N) is 1. The van der Waals surface area contributed by atoms with Crippen LogP contribution in [0.2, 0.25) is 0 Å². The number of anilines is 1. The van der Waals surface area contributed by atoms with E-state index in [0.29, 0.717) is 11.3 Å². The summed E-state index contributed by atoms with van der Waals surface area (Å²) in [7, 11) is 0. The number of hydrogen-bond donors (Lipinski definition) is 2. The lowest BCUT2D eigenvalue weighted by atomic mass is 10.1. The predicted molar refractivity (Wildman–Crippen MR) is 73.6 cm³/mol. The molecule has 5 nitrogen and oxygen atoms in total. The molecule has 0 bridgehead atoms. The second-order valence-electron chi connectivity index (χ2n) is 5.35. The van der Waals surface area contributed by atoms with E-state index in [-0.39, 0.29) is 5.91 Å². The zero-order chi connectivity index (χ0) is 14.6. The molecule has 1 atom stereocenters. The fourth-order valence-corrected chi connectivity index (χ4v) is 1.36. The number of hydrogen-bond acceptors (Lipinski definition) is 4. The molecule has 0 fully saturated rings. The van der Waals surface area contributed by atoms with E-state index in [0.717, 1.165) is 0 Å². The van der Waals surface area contributed by atoms with Crippen molar-refractivity contribution < 1.29 is 14.3 Å². The molecule has 0 heterocycles. The Morgan fingerprint density at radius 2 is 1.74 bits per heavy atom. The summed E-state index contributed by atoms with van der Waals surface area (Å²) in [5, 5.41) is 2.58. The van der Waals surface area contributed by atoms with Crippen LogP contribution in [0.25, 0.3) is 0 Å². The van der Waals surface area contributed by atoms with Gasteiger partial charge in [0.15, 0.2) is 0 Å². The maximum absolute atomic E-state index is 11.9. The summed E-state index contributed by atoms with van der Waals surface area (Å²) in [5.74, 6) is -0.797. The highest BCUT2D eigenvalue weighted by atomic mass is 16.6. The van der Waals surface area contributed by atoms with Crippen molar-refractivity contribution in [2.45, 2.75) is 39.3 Å². The van der Waals surface area contributed by atoms with Gasteiger partial charge in [-0.3, -0.25) is 4.79 Å². The van der Waals surface area contributed by atoms with Gasteiger partial charge in [-0.25, -0.2) is 4.79 Å². The topological polar surface area (TPSA) is 81.4 Å². The Hall–Kier alpha value is -2.04. The van der Waals surface area contributed by atoms with Crippen LogP contribution in [-0.2, 0) is 9.53 Å². The van der Waals surface area contributed by atoms with Crippen LogP contribution in [-0.4, -0.2) is 23.5 Å². The second kappa shape index (κ2) is 5.73. The minimum atomic E-state index is -0.704. The minimum Gasteiger partial charge on any atom is -0.458 e. The minimum absolute atomic E-state index is 0.335. The Bertz CT molecular complexity index is 461. The molecular formula is C14H20N2O3. The highest BCUT2D eigenvalue weighted by molar-refractivity contribution is 5.96. The van der Waals surface area contributed by atoms with Gasteiger partial charge in [0.1, 0.15) is 11.6 Å². The molecule has 0 aliphatic heterocycles. The van der Waals surface area contributed by atoms with Crippen molar-refractivity contribution in [3.8, 4) is 0 Å². The molecule has 0 radical (unpaired) electrons. The lowest BCUT2D eigenvalue weighted by molar-refractivity contribution is -0.156. The van der Waals surface area contributed by atoms with E-state index in [1.54, 1.807) is 52.0 Å². The summed E-state index contributed by atoms with van der Waals surface area (Å²) in [6, 6.07) is 5.77. The highest BCUT2D eigenvalue weighted by Crippen LogP contribution is 2.09. The van der Waals surface area contributed by atoms with Crippen molar-refractivity contribution in [3.63, 3.8) is 0 Å². The standard InChI is InChI=1S/C14H20N2O3/c1-9(13(18)19-14(2,3)4)16-12(17)10-5-7-11(15)8-6-10/h5-9H,15H2,1-4H3,(H,16,17)/t9-/m0/s1. The van der Waals surface area contributed by atoms with Crippen LogP contribution in [0.5, 0.6) is 0 Å². The number of esters is 1. The largest absolute Gasteiger partial charge is 0.458 e. The van der Waals surface area contributed by atoms with Crippen molar-refractivity contribution in [3.05, 3.63) is 29.8 Å². The summed E-state index contributed by atoms with van der Waals surface area (Å²) >= 11 is 0. The highest BCUT2D eigenvalue weighted by Gasteiger charge is 2.23. The quantitative estimate of drug-likeness (QED) is 0.643. The number of carbonyl (C=O) groups is 2. The third-order valence-electron chi connectivity index (χ3n) is 2.28. The Morgan fingerprint density at radius 1 is 1.21 bits per heavy atom. The number of amides is 1. The zero-order valence-electron chi connectivity index (χ0n) is 11.7. The number of nitrogen functional groups attached to an aromatic ring is 1. The van der Waals surface area contributed by atoms with Crippen LogP contribution >= 0.6 is 0 Å². The Balaban J connectivity index is 2.61. The van der Waals surface area contributed by atoms with Crippen molar-refractivity contribution in [1.29, 1.82) is 0 Å². The molecule has 1 aromatic carbocycles. The zero-order valence-corrected chi connectivity index (χ0v) is 11.7. The van der Waals surface area contributed by atoms with Crippen LogP contribution in [0.3, 0.4) is 0 Å². The average molecular weight is 264 g/mol. The lowest BCUT2D eigenvalue weighted by Gasteiger charge is -2.22. The number of ether oxygens (including phenoxy) is 1. The van der Waals surface area contributed by atoms with Crippen LogP contribution < -0.4 is 11.1 Å². The molecule has 1 amide bonds. The molecule has 0 unspecified atom stereocenters. The van der Waals surface area contributed by atoms with E-state index < -0.39 is 17.6 Å². The normalized spacial score (nSPS) is 12.6. The molecule has 0 aliphatic carbocycles. The average Bonchev–Trinajstić information content (AvgIpc) is 2.27. The number of benzene rings is 1. The van der Waals surface area contributed by atoms with Gasteiger partial charge in [-0.1, -0.05) is 0 Å². The first-order chi connectivity index (χ1) is 8.69. The van der Waals surface area contributed by atoms with Gasteiger partial charge in [0.25, 0.3) is 5.91 Å². The monoisotopic (exact) mass is 264 g/mol. The Kier molecular flexibility index (Phi) is 4.53. The number of carbonyl (C=O) groups excluding carboxylic acids is 2. The summed E-state index contributed by atoms with van der Waals surface area (Å²) in [6.07, 6.45) is 0. The van der Waals surface area contributed by atoms with E-state index in [2.05, 4.69) is 5.32 Å². The SMILES string of the molecule is C[C@H](NC(=O)c1ccc(N)cc1)C(=O)OC(C)(C)C. The summed E-state index contributed by atoms with van der Waals surface area (Å²) in [4.78, 5) is 23.6. The van der Waals surface area contributed by atoms with Gasteiger partial charge in [-0.2, -0.15) is 0 Å². The predicted octanol–water partition coefficient (Wildman–Crippen LogP) is 1.73. The fourth-order valence-electron chi connectivity index (χ4n) is 1.36. The van der Waals surface area contributed by atoms with E-state index in [4.69, 9.17) is 10.5 Å². The molecule has 5 heteroatoms. The van der Waals surface area contributed by atoms with Crippen LogP contribution in [0.4, 0.5) is 5.69 Å². The molecule has 104 valence electrons. The molecule has 0 aliphatic rings. The molecule has 19 heavy (non-hydrogen) atoms. The van der Waals surface area contributed by atoms with Crippen molar-refractivity contribution in [1.82, 2.24) is 5.32 Å². The van der Waals surface area contributed by atoms with E-state index in [1.165, 1.54) is 0 Å². The first kappa shape index (κ1) is 15.0. The molecular weight excluding hydrogens is 244 g/mol. The van der Waals surface area contributed by atoms with Crippen LogP contribution in [0.1, 0.15) is 38.1 Å². The van der Waals surface area contributed by atoms with Crippen LogP contribution in [0.15, 0.2) is 24.3 Å². The Morgan fingerprint density at radius 3 is 2.21 bits per heavy atom. The smallest absolute Gasteiger partial charge is 0.328 e. The lowest BCUT2D eigenvalue weighted by Crippen LogP contribution is -2.42. The maximum atomic E-state index is 11.9. The van der Waals surface area contributed by atoms with E-state index in [1.807, 2.05) is 0 Å². The first-order valence-corrected chi connectivity index (χ1v) is 6.08. The van der Waals surface area contributed by atoms with Gasteiger partial charge in [-0.05, 0) is 52.0 Å². The maximum Gasteiger partial charge on any atom is 0.328 e. The van der Waals surface area contributed by atoms with Crippen molar-refractivity contribution >= 4 is 17.6 Å². The molecule has 0 aromatic heterocycles. The fraction of sp³-hybridized carbons (Fsp3) is 0.429. The molecule has 1 aromatic rings. The third kappa shape index (κ3) is 4.99.